The molecule has 3 heteroatoms. The average molecular weight is 276 g/mol. The van der Waals surface area contributed by atoms with Crippen molar-refractivity contribution in [2.75, 3.05) is 13.1 Å². The van der Waals surface area contributed by atoms with E-state index in [0.717, 1.165) is 25.9 Å². The summed E-state index contributed by atoms with van der Waals surface area (Å²) in [7, 11) is 0. The highest BCUT2D eigenvalue weighted by Crippen LogP contribution is 2.30. The van der Waals surface area contributed by atoms with Gasteiger partial charge in [-0.2, -0.15) is 0 Å². The second-order valence-corrected chi connectivity index (χ2v) is 6.33. The molecule has 0 bridgehead atoms. The van der Waals surface area contributed by atoms with Crippen LogP contribution in [0.4, 0.5) is 0 Å². The number of aryl methyl sites for hydroxylation is 1. The first kappa shape index (κ1) is 15.5. The zero-order valence-corrected chi connectivity index (χ0v) is 12.9. The van der Waals surface area contributed by atoms with Crippen molar-refractivity contribution in [1.82, 2.24) is 4.90 Å². The van der Waals surface area contributed by atoms with Crippen molar-refractivity contribution in [2.24, 2.45) is 11.7 Å². The van der Waals surface area contributed by atoms with Crippen LogP contribution in [0.15, 0.2) is 24.3 Å². The number of aliphatic hydroxyl groups is 1. The summed E-state index contributed by atoms with van der Waals surface area (Å²) in [6.45, 7) is 8.15. The van der Waals surface area contributed by atoms with Crippen LogP contribution in [0.25, 0.3) is 0 Å². The Hall–Kier alpha value is -0.900. The van der Waals surface area contributed by atoms with Gasteiger partial charge in [0.05, 0.1) is 6.10 Å². The van der Waals surface area contributed by atoms with Gasteiger partial charge in [-0.05, 0) is 58.2 Å². The van der Waals surface area contributed by atoms with E-state index >= 15 is 0 Å². The summed E-state index contributed by atoms with van der Waals surface area (Å²) in [6, 6.07) is 9.11. The lowest BCUT2D eigenvalue weighted by molar-refractivity contribution is 0.0511. The SMILES string of the molecule is Cc1ccc(C(C(C)N)N2CCC(C(C)O)CC2)cc1. The lowest BCUT2D eigenvalue weighted by Gasteiger charge is -2.40. The molecule has 1 aliphatic heterocycles. The van der Waals surface area contributed by atoms with Gasteiger partial charge >= 0.3 is 0 Å². The Bertz CT molecular complexity index is 406. The van der Waals surface area contributed by atoms with Gasteiger partial charge in [0.25, 0.3) is 0 Å². The van der Waals surface area contributed by atoms with Crippen LogP contribution in [0.3, 0.4) is 0 Å². The summed E-state index contributed by atoms with van der Waals surface area (Å²) < 4.78 is 0. The van der Waals surface area contributed by atoms with E-state index in [1.165, 1.54) is 11.1 Å². The van der Waals surface area contributed by atoms with Gasteiger partial charge in [-0.25, -0.2) is 0 Å². The van der Waals surface area contributed by atoms with Crippen molar-refractivity contribution in [2.45, 2.75) is 51.8 Å². The third-order valence-corrected chi connectivity index (χ3v) is 4.57. The number of hydrogen-bond donors (Lipinski definition) is 2. The van der Waals surface area contributed by atoms with Gasteiger partial charge in [0.1, 0.15) is 0 Å². The Kier molecular flexibility index (Phi) is 5.19. The second kappa shape index (κ2) is 6.70. The Morgan fingerprint density at radius 2 is 1.70 bits per heavy atom. The standard InChI is InChI=1S/C17H28N2O/c1-12-4-6-16(7-5-12)17(13(2)18)19-10-8-15(9-11-19)14(3)20/h4-7,13-15,17,20H,8-11,18H2,1-3H3. The summed E-state index contributed by atoms with van der Waals surface area (Å²) in [4.78, 5) is 2.48. The molecule has 0 amide bonds. The summed E-state index contributed by atoms with van der Waals surface area (Å²) in [6.07, 6.45) is 1.93. The van der Waals surface area contributed by atoms with Crippen LogP contribution in [0.5, 0.6) is 0 Å². The predicted molar refractivity (Wildman–Crippen MR) is 83.5 cm³/mol. The quantitative estimate of drug-likeness (QED) is 0.888. The Labute approximate surface area is 122 Å². The number of rotatable bonds is 4. The maximum Gasteiger partial charge on any atom is 0.0541 e. The largest absolute Gasteiger partial charge is 0.393 e. The zero-order chi connectivity index (χ0) is 14.7. The normalized spacial score (nSPS) is 22.4. The zero-order valence-electron chi connectivity index (χ0n) is 12.9. The number of nitrogens with two attached hydrogens (primary N) is 1. The fraction of sp³-hybridized carbons (Fsp3) is 0.647. The molecule has 0 aromatic heterocycles. The molecule has 1 fully saturated rings. The monoisotopic (exact) mass is 276 g/mol. The van der Waals surface area contributed by atoms with E-state index in [1.807, 2.05) is 6.92 Å². The van der Waals surface area contributed by atoms with Gasteiger partial charge in [0, 0.05) is 12.1 Å². The minimum atomic E-state index is -0.190. The van der Waals surface area contributed by atoms with E-state index < -0.39 is 0 Å². The number of hydrogen-bond acceptors (Lipinski definition) is 3. The van der Waals surface area contributed by atoms with Crippen molar-refractivity contribution in [1.29, 1.82) is 0 Å². The summed E-state index contributed by atoms with van der Waals surface area (Å²) in [5.74, 6) is 0.443. The summed E-state index contributed by atoms with van der Waals surface area (Å²) in [5, 5.41) is 9.72. The lowest BCUT2D eigenvalue weighted by Crippen LogP contribution is -2.45. The lowest BCUT2D eigenvalue weighted by atomic mass is 9.89. The van der Waals surface area contributed by atoms with Crippen molar-refractivity contribution >= 4 is 0 Å². The predicted octanol–water partition coefficient (Wildman–Crippen LogP) is 2.48. The average Bonchev–Trinajstić information content (AvgIpc) is 2.41. The highest BCUT2D eigenvalue weighted by Gasteiger charge is 2.29. The van der Waals surface area contributed by atoms with Crippen LogP contribution < -0.4 is 5.73 Å². The first-order valence-electron chi connectivity index (χ1n) is 7.73. The van der Waals surface area contributed by atoms with Crippen LogP contribution in [-0.2, 0) is 0 Å². The number of benzene rings is 1. The maximum absolute atomic E-state index is 9.72. The van der Waals surface area contributed by atoms with Crippen LogP contribution in [0, 0.1) is 12.8 Å². The van der Waals surface area contributed by atoms with Crippen molar-refractivity contribution in [3.8, 4) is 0 Å². The van der Waals surface area contributed by atoms with E-state index in [9.17, 15) is 5.11 Å². The maximum atomic E-state index is 9.72. The van der Waals surface area contributed by atoms with Crippen LogP contribution in [-0.4, -0.2) is 35.2 Å². The molecule has 0 radical (unpaired) electrons. The molecule has 0 aliphatic carbocycles. The Morgan fingerprint density at radius 3 is 2.15 bits per heavy atom. The molecule has 3 N–H and O–H groups in total. The third-order valence-electron chi connectivity index (χ3n) is 4.57. The first-order valence-corrected chi connectivity index (χ1v) is 7.73. The molecule has 1 aliphatic rings. The first-order chi connectivity index (χ1) is 9.49. The topological polar surface area (TPSA) is 49.5 Å². The van der Waals surface area contributed by atoms with E-state index in [4.69, 9.17) is 5.73 Å². The number of nitrogens with zero attached hydrogens (tertiary/aromatic N) is 1. The molecule has 0 saturated carbocycles. The Morgan fingerprint density at radius 1 is 1.15 bits per heavy atom. The van der Waals surface area contributed by atoms with Crippen LogP contribution >= 0.6 is 0 Å². The molecule has 3 nitrogen and oxygen atoms in total. The van der Waals surface area contributed by atoms with E-state index in [0.29, 0.717) is 5.92 Å². The minimum absolute atomic E-state index is 0.112. The minimum Gasteiger partial charge on any atom is -0.393 e. The molecule has 1 saturated heterocycles. The molecule has 0 spiro atoms. The van der Waals surface area contributed by atoms with Gasteiger partial charge in [0.2, 0.25) is 0 Å². The molecule has 1 aromatic rings. The van der Waals surface area contributed by atoms with Gasteiger partial charge in [-0.1, -0.05) is 29.8 Å². The fourth-order valence-corrected chi connectivity index (χ4v) is 3.29. The summed E-state index contributed by atoms with van der Waals surface area (Å²) in [5.41, 5.74) is 8.83. The summed E-state index contributed by atoms with van der Waals surface area (Å²) >= 11 is 0. The number of aliphatic hydroxyl groups excluding tert-OH is 1. The smallest absolute Gasteiger partial charge is 0.0541 e. The molecule has 112 valence electrons. The van der Waals surface area contributed by atoms with Crippen molar-refractivity contribution < 1.29 is 5.11 Å². The molecule has 1 aromatic carbocycles. The molecule has 1 heterocycles. The second-order valence-electron chi connectivity index (χ2n) is 6.33. The highest BCUT2D eigenvalue weighted by molar-refractivity contribution is 5.25. The van der Waals surface area contributed by atoms with Gasteiger partial charge in [0.15, 0.2) is 0 Å². The Balaban J connectivity index is 2.09. The van der Waals surface area contributed by atoms with Gasteiger partial charge < -0.3 is 10.8 Å². The molecule has 3 unspecified atom stereocenters. The van der Waals surface area contributed by atoms with E-state index in [1.54, 1.807) is 0 Å². The van der Waals surface area contributed by atoms with Crippen LogP contribution in [0.1, 0.15) is 43.9 Å². The third kappa shape index (κ3) is 3.60. The van der Waals surface area contributed by atoms with E-state index in [2.05, 4.69) is 43.0 Å². The fourth-order valence-electron chi connectivity index (χ4n) is 3.29. The highest BCUT2D eigenvalue weighted by atomic mass is 16.3. The number of piperidine rings is 1. The molecule has 3 atom stereocenters. The molecule has 20 heavy (non-hydrogen) atoms. The molecular formula is C17H28N2O. The van der Waals surface area contributed by atoms with Gasteiger partial charge in [-0.3, -0.25) is 4.90 Å². The van der Waals surface area contributed by atoms with Gasteiger partial charge in [-0.15, -0.1) is 0 Å². The molecule has 2 rings (SSSR count). The van der Waals surface area contributed by atoms with Crippen LogP contribution in [0.2, 0.25) is 0 Å². The van der Waals surface area contributed by atoms with Crippen molar-refractivity contribution in [3.63, 3.8) is 0 Å². The van der Waals surface area contributed by atoms with E-state index in [-0.39, 0.29) is 18.2 Å². The molecular weight excluding hydrogens is 248 g/mol. The number of likely N-dealkylation sites (tertiary alicyclic amines) is 1. The van der Waals surface area contributed by atoms with Crippen molar-refractivity contribution in [3.05, 3.63) is 35.4 Å².